The highest BCUT2D eigenvalue weighted by atomic mass is 35.5. The highest BCUT2D eigenvalue weighted by molar-refractivity contribution is 7.89. The van der Waals surface area contributed by atoms with E-state index in [9.17, 15) is 26.4 Å². The molecule has 1 aromatic rings. The van der Waals surface area contributed by atoms with E-state index in [4.69, 9.17) is 11.6 Å². The zero-order valence-corrected chi connectivity index (χ0v) is 13.6. The monoisotopic (exact) mass is 369 g/mol. The summed E-state index contributed by atoms with van der Waals surface area (Å²) in [7, 11) is -4.47. The van der Waals surface area contributed by atoms with Crippen LogP contribution in [0.25, 0.3) is 0 Å². The topological polar surface area (TPSA) is 54.5 Å². The molecule has 128 valence electrons. The third-order valence-corrected chi connectivity index (χ3v) is 5.65. The fourth-order valence-corrected chi connectivity index (χ4v) is 4.19. The van der Waals surface area contributed by atoms with Crippen molar-refractivity contribution in [2.45, 2.75) is 19.0 Å². The molecule has 1 aliphatic rings. The molecule has 0 radical (unpaired) electrons. The number of carbonyl (C=O) groups excluding carboxylic acids is 1. The minimum atomic E-state index is -4.80. The Hall–Kier alpha value is -1.12. The molecule has 0 N–H and O–H groups in total. The molecule has 1 fully saturated rings. The Morgan fingerprint density at radius 1 is 1.35 bits per heavy atom. The van der Waals surface area contributed by atoms with Gasteiger partial charge in [0.05, 0.1) is 0 Å². The van der Waals surface area contributed by atoms with Crippen molar-refractivity contribution in [1.29, 1.82) is 0 Å². The van der Waals surface area contributed by atoms with E-state index in [0.717, 1.165) is 4.31 Å². The van der Waals surface area contributed by atoms with Crippen molar-refractivity contribution in [2.24, 2.45) is 5.92 Å². The summed E-state index contributed by atoms with van der Waals surface area (Å²) in [6, 6.07) is 6.21. The van der Waals surface area contributed by atoms with Gasteiger partial charge in [-0.1, -0.05) is 23.7 Å². The van der Waals surface area contributed by atoms with E-state index in [1.54, 1.807) is 18.2 Å². The Morgan fingerprint density at radius 2 is 2.04 bits per heavy atom. The number of hydrogen-bond donors (Lipinski definition) is 0. The van der Waals surface area contributed by atoms with Gasteiger partial charge in [-0.25, -0.2) is 12.7 Å². The molecule has 1 atom stereocenters. The van der Waals surface area contributed by atoms with Crippen LogP contribution in [0.4, 0.5) is 13.2 Å². The second-order valence-corrected chi connectivity index (χ2v) is 7.85. The predicted octanol–water partition coefficient (Wildman–Crippen LogP) is 3.13. The van der Waals surface area contributed by atoms with Crippen molar-refractivity contribution in [3.8, 4) is 0 Å². The van der Waals surface area contributed by atoms with Gasteiger partial charge in [0, 0.05) is 29.6 Å². The number of carbonyl (C=O) groups is 1. The molecule has 4 nitrogen and oxygen atoms in total. The average molecular weight is 370 g/mol. The number of sulfonamides is 1. The summed E-state index contributed by atoms with van der Waals surface area (Å²) in [6.07, 6.45) is -4.03. The van der Waals surface area contributed by atoms with Crippen LogP contribution in [0.3, 0.4) is 0 Å². The van der Waals surface area contributed by atoms with Gasteiger partial charge in [0.1, 0.15) is 0 Å². The van der Waals surface area contributed by atoms with Crippen LogP contribution in [-0.2, 0) is 10.0 Å². The van der Waals surface area contributed by atoms with Crippen LogP contribution in [-0.4, -0.2) is 43.5 Å². The number of benzene rings is 1. The standard InChI is InChI=1S/C14H15ClF3NO3S/c15-12-5-1-3-10(7-12)13(20)11-4-2-6-19(8-11)23(21,22)9-14(16,17)18/h1,3,5,7,11H,2,4,6,8-9H2. The molecule has 1 aromatic carbocycles. The normalized spacial score (nSPS) is 20.4. The first-order valence-corrected chi connectivity index (χ1v) is 8.91. The second-order valence-electron chi connectivity index (χ2n) is 5.44. The quantitative estimate of drug-likeness (QED) is 0.766. The van der Waals surface area contributed by atoms with Gasteiger partial charge in [-0.05, 0) is 25.0 Å². The minimum absolute atomic E-state index is 0.00224. The summed E-state index contributed by atoms with van der Waals surface area (Å²) in [6.45, 7) is -0.235. The van der Waals surface area contributed by atoms with E-state index < -0.39 is 27.9 Å². The lowest BCUT2D eigenvalue weighted by Gasteiger charge is -2.31. The van der Waals surface area contributed by atoms with Gasteiger partial charge in [-0.3, -0.25) is 4.79 Å². The molecule has 1 unspecified atom stereocenters. The molecule has 0 amide bonds. The maximum absolute atomic E-state index is 12.4. The van der Waals surface area contributed by atoms with Gasteiger partial charge in [0.2, 0.25) is 10.0 Å². The number of Topliss-reactive ketones (excluding diaryl/α,β-unsaturated/α-hetero) is 1. The third kappa shape index (κ3) is 4.92. The van der Waals surface area contributed by atoms with Crippen molar-refractivity contribution in [1.82, 2.24) is 4.31 Å². The van der Waals surface area contributed by atoms with Crippen LogP contribution in [0.5, 0.6) is 0 Å². The van der Waals surface area contributed by atoms with Crippen LogP contribution >= 0.6 is 11.6 Å². The van der Waals surface area contributed by atoms with Crippen molar-refractivity contribution in [2.75, 3.05) is 18.8 Å². The van der Waals surface area contributed by atoms with E-state index in [0.29, 0.717) is 23.4 Å². The molecule has 0 saturated carbocycles. The molecule has 0 spiro atoms. The molecule has 1 aliphatic heterocycles. The Bertz CT molecular complexity index is 691. The number of hydrogen-bond acceptors (Lipinski definition) is 3. The molecule has 2 rings (SSSR count). The lowest BCUT2D eigenvalue weighted by atomic mass is 9.91. The molecular formula is C14H15ClF3NO3S. The zero-order chi connectivity index (χ0) is 17.3. The summed E-state index contributed by atoms with van der Waals surface area (Å²) in [4.78, 5) is 12.4. The molecule has 23 heavy (non-hydrogen) atoms. The molecule has 0 bridgehead atoms. The fourth-order valence-electron chi connectivity index (χ4n) is 2.58. The van der Waals surface area contributed by atoms with Crippen LogP contribution in [0.2, 0.25) is 5.02 Å². The first-order chi connectivity index (χ1) is 10.6. The van der Waals surface area contributed by atoms with Gasteiger partial charge >= 0.3 is 6.18 Å². The number of rotatable bonds is 4. The van der Waals surface area contributed by atoms with Gasteiger partial charge < -0.3 is 0 Å². The predicted molar refractivity (Wildman–Crippen MR) is 79.9 cm³/mol. The largest absolute Gasteiger partial charge is 0.404 e. The number of piperidine rings is 1. The zero-order valence-electron chi connectivity index (χ0n) is 12.0. The number of ketones is 1. The summed E-state index contributed by atoms with van der Waals surface area (Å²) in [5, 5.41) is 0.369. The average Bonchev–Trinajstić information content (AvgIpc) is 2.44. The van der Waals surface area contributed by atoms with Gasteiger partial charge in [-0.15, -0.1) is 0 Å². The van der Waals surface area contributed by atoms with Crippen molar-refractivity contribution in [3.05, 3.63) is 34.9 Å². The molecule has 1 heterocycles. The van der Waals surface area contributed by atoms with E-state index in [2.05, 4.69) is 0 Å². The molecular weight excluding hydrogens is 355 g/mol. The van der Waals surface area contributed by atoms with Crippen LogP contribution in [0.15, 0.2) is 24.3 Å². The van der Waals surface area contributed by atoms with Gasteiger partial charge in [0.15, 0.2) is 11.5 Å². The maximum Gasteiger partial charge on any atom is 0.404 e. The van der Waals surface area contributed by atoms with E-state index >= 15 is 0 Å². The van der Waals surface area contributed by atoms with Gasteiger partial charge in [-0.2, -0.15) is 13.2 Å². The van der Waals surface area contributed by atoms with E-state index in [1.807, 2.05) is 0 Å². The first kappa shape index (κ1) is 18.2. The van der Waals surface area contributed by atoms with Crippen LogP contribution in [0, 0.1) is 5.92 Å². The van der Waals surface area contributed by atoms with Gasteiger partial charge in [0.25, 0.3) is 0 Å². The summed E-state index contributed by atoms with van der Waals surface area (Å²) < 4.78 is 61.6. The Balaban J connectivity index is 2.13. The van der Waals surface area contributed by atoms with E-state index in [-0.39, 0.29) is 18.9 Å². The van der Waals surface area contributed by atoms with Crippen molar-refractivity contribution < 1.29 is 26.4 Å². The highest BCUT2D eigenvalue weighted by Crippen LogP contribution is 2.26. The molecule has 0 aromatic heterocycles. The fraction of sp³-hybridized carbons (Fsp3) is 0.500. The molecule has 9 heteroatoms. The summed E-state index contributed by atoms with van der Waals surface area (Å²) in [5.41, 5.74) is 0.331. The molecule has 1 saturated heterocycles. The lowest BCUT2D eigenvalue weighted by Crippen LogP contribution is -2.45. The highest BCUT2D eigenvalue weighted by Gasteiger charge is 2.40. The summed E-state index contributed by atoms with van der Waals surface area (Å²) >= 11 is 5.82. The lowest BCUT2D eigenvalue weighted by molar-refractivity contribution is -0.107. The SMILES string of the molecule is O=C(c1cccc(Cl)c1)C1CCCN(S(=O)(=O)CC(F)(F)F)C1. The maximum atomic E-state index is 12.4. The molecule has 0 aliphatic carbocycles. The van der Waals surface area contributed by atoms with Crippen molar-refractivity contribution >= 4 is 27.4 Å². The first-order valence-electron chi connectivity index (χ1n) is 6.93. The van der Waals surface area contributed by atoms with Crippen LogP contribution in [0.1, 0.15) is 23.2 Å². The number of nitrogens with zero attached hydrogens (tertiary/aromatic N) is 1. The van der Waals surface area contributed by atoms with Crippen molar-refractivity contribution in [3.63, 3.8) is 0 Å². The Kier molecular flexibility index (Phi) is 5.37. The smallest absolute Gasteiger partial charge is 0.294 e. The number of alkyl halides is 3. The number of halogens is 4. The minimum Gasteiger partial charge on any atom is -0.294 e. The third-order valence-electron chi connectivity index (χ3n) is 3.60. The Labute approximate surface area is 137 Å². The van der Waals surface area contributed by atoms with E-state index in [1.165, 1.54) is 6.07 Å². The van der Waals surface area contributed by atoms with Crippen LogP contribution < -0.4 is 0 Å². The summed E-state index contributed by atoms with van der Waals surface area (Å²) in [5.74, 6) is -2.87. The Morgan fingerprint density at radius 3 is 2.65 bits per heavy atom. The second kappa shape index (κ2) is 6.78.